The van der Waals surface area contributed by atoms with Crippen molar-refractivity contribution in [3.8, 4) is 0 Å². The second-order valence-corrected chi connectivity index (χ2v) is 10.3. The minimum Gasteiger partial charge on any atom is -0.390 e. The van der Waals surface area contributed by atoms with Gasteiger partial charge >= 0.3 is 0 Å². The standard InChI is InChI=1S/C23H33NO/c1-21-11-10-20-16(5-4-14-24-20)17(21)7-6-15-18(21)8-12-22(2)19(15)9-13-23(22,3)25/h4-5,14-15,17-19,25H,6-13H2,1-3H3/t15-,17?,18+,19+,21+,22+,23+/m1/s1. The van der Waals surface area contributed by atoms with Crippen LogP contribution in [0.5, 0.6) is 0 Å². The lowest BCUT2D eigenvalue weighted by molar-refractivity contribution is -0.132. The fraction of sp³-hybridized carbons (Fsp3) is 0.783. The molecule has 1 heterocycles. The predicted octanol–water partition coefficient (Wildman–Crippen LogP) is 5.11. The number of pyridine rings is 1. The van der Waals surface area contributed by atoms with Crippen molar-refractivity contribution >= 4 is 0 Å². The van der Waals surface area contributed by atoms with E-state index in [4.69, 9.17) is 4.98 Å². The Labute approximate surface area is 152 Å². The van der Waals surface area contributed by atoms with Gasteiger partial charge in [-0.05, 0) is 104 Å². The van der Waals surface area contributed by atoms with Crippen molar-refractivity contribution < 1.29 is 5.11 Å². The van der Waals surface area contributed by atoms with Crippen LogP contribution in [0.25, 0.3) is 0 Å². The zero-order valence-corrected chi connectivity index (χ0v) is 16.1. The van der Waals surface area contributed by atoms with E-state index in [0.29, 0.717) is 11.3 Å². The number of aryl methyl sites for hydroxylation is 1. The zero-order chi connectivity index (χ0) is 17.4. The first kappa shape index (κ1) is 16.3. The number of hydrogen-bond donors (Lipinski definition) is 1. The van der Waals surface area contributed by atoms with Crippen molar-refractivity contribution in [2.75, 3.05) is 0 Å². The van der Waals surface area contributed by atoms with Gasteiger partial charge in [-0.25, -0.2) is 0 Å². The molecule has 0 radical (unpaired) electrons. The van der Waals surface area contributed by atoms with Gasteiger partial charge in [0.25, 0.3) is 0 Å². The number of fused-ring (bicyclic) bond motifs is 7. The average Bonchev–Trinajstić information content (AvgIpc) is 2.84. The Morgan fingerprint density at radius 1 is 1.00 bits per heavy atom. The van der Waals surface area contributed by atoms with Crippen LogP contribution in [0.15, 0.2) is 18.3 Å². The number of aromatic nitrogens is 1. The fourth-order valence-electron chi connectivity index (χ4n) is 7.93. The summed E-state index contributed by atoms with van der Waals surface area (Å²) in [6, 6.07) is 4.50. The molecule has 0 aliphatic heterocycles. The topological polar surface area (TPSA) is 33.1 Å². The Hall–Kier alpha value is -0.890. The van der Waals surface area contributed by atoms with Gasteiger partial charge in [-0.3, -0.25) is 4.98 Å². The lowest BCUT2D eigenvalue weighted by Crippen LogP contribution is -2.55. The van der Waals surface area contributed by atoms with Gasteiger partial charge in [0.2, 0.25) is 0 Å². The summed E-state index contributed by atoms with van der Waals surface area (Å²) in [6.07, 6.45) is 11.9. The molecule has 25 heavy (non-hydrogen) atoms. The van der Waals surface area contributed by atoms with E-state index in [1.54, 1.807) is 5.56 Å². The first-order chi connectivity index (χ1) is 11.9. The van der Waals surface area contributed by atoms with Crippen LogP contribution in [0, 0.1) is 28.6 Å². The minimum atomic E-state index is -0.455. The normalized spacial score (nSPS) is 51.2. The maximum Gasteiger partial charge on any atom is 0.0675 e. The Morgan fingerprint density at radius 3 is 2.64 bits per heavy atom. The summed E-state index contributed by atoms with van der Waals surface area (Å²) in [5.41, 5.74) is 3.05. The molecule has 1 unspecified atom stereocenters. The van der Waals surface area contributed by atoms with E-state index in [2.05, 4.69) is 32.9 Å². The van der Waals surface area contributed by atoms with E-state index in [-0.39, 0.29) is 5.41 Å². The third kappa shape index (κ3) is 1.98. The third-order valence-electron chi connectivity index (χ3n) is 9.63. The summed E-state index contributed by atoms with van der Waals surface area (Å²) >= 11 is 0. The van der Waals surface area contributed by atoms with Crippen molar-refractivity contribution in [1.82, 2.24) is 4.98 Å². The van der Waals surface area contributed by atoms with Crippen LogP contribution in [0.2, 0.25) is 0 Å². The molecule has 0 amide bonds. The van der Waals surface area contributed by atoms with Crippen molar-refractivity contribution in [2.45, 2.75) is 83.7 Å². The van der Waals surface area contributed by atoms with Crippen molar-refractivity contribution in [1.29, 1.82) is 0 Å². The lowest BCUT2D eigenvalue weighted by Gasteiger charge is -2.61. The molecule has 1 aromatic heterocycles. The summed E-state index contributed by atoms with van der Waals surface area (Å²) in [6.45, 7) is 7.11. The SMILES string of the molecule is C[C@]12CCc3ncccc3C1CC[C@@H]1[C@@H]2CC[C@@]2(C)[C@H]1CC[C@]2(C)O. The quantitative estimate of drug-likeness (QED) is 0.713. The highest BCUT2D eigenvalue weighted by Gasteiger charge is 2.63. The summed E-state index contributed by atoms with van der Waals surface area (Å²) in [7, 11) is 0. The molecule has 2 heteroatoms. The van der Waals surface area contributed by atoms with Gasteiger partial charge in [-0.1, -0.05) is 19.9 Å². The largest absolute Gasteiger partial charge is 0.390 e. The van der Waals surface area contributed by atoms with Crippen LogP contribution in [-0.4, -0.2) is 15.7 Å². The highest BCUT2D eigenvalue weighted by molar-refractivity contribution is 5.32. The molecule has 0 aromatic carbocycles. The Morgan fingerprint density at radius 2 is 1.80 bits per heavy atom. The fourth-order valence-corrected chi connectivity index (χ4v) is 7.93. The second-order valence-electron chi connectivity index (χ2n) is 10.3. The molecule has 2 nitrogen and oxygen atoms in total. The van der Waals surface area contributed by atoms with Crippen LogP contribution in [0.1, 0.15) is 82.9 Å². The van der Waals surface area contributed by atoms with Crippen LogP contribution in [-0.2, 0) is 6.42 Å². The molecular weight excluding hydrogens is 306 g/mol. The lowest BCUT2D eigenvalue weighted by atomic mass is 9.44. The molecule has 0 bridgehead atoms. The van der Waals surface area contributed by atoms with Gasteiger partial charge in [-0.2, -0.15) is 0 Å². The third-order valence-corrected chi connectivity index (χ3v) is 9.63. The highest BCUT2D eigenvalue weighted by atomic mass is 16.3. The van der Waals surface area contributed by atoms with Gasteiger partial charge in [0, 0.05) is 11.9 Å². The van der Waals surface area contributed by atoms with Gasteiger partial charge in [0.05, 0.1) is 5.60 Å². The molecule has 136 valence electrons. The van der Waals surface area contributed by atoms with Crippen LogP contribution < -0.4 is 0 Å². The van der Waals surface area contributed by atoms with Crippen LogP contribution >= 0.6 is 0 Å². The summed E-state index contributed by atoms with van der Waals surface area (Å²) in [5.74, 6) is 3.10. The first-order valence-electron chi connectivity index (χ1n) is 10.5. The maximum absolute atomic E-state index is 11.1. The number of rotatable bonds is 0. The van der Waals surface area contributed by atoms with E-state index in [1.807, 2.05) is 6.20 Å². The van der Waals surface area contributed by atoms with Crippen molar-refractivity contribution in [2.24, 2.45) is 28.6 Å². The van der Waals surface area contributed by atoms with E-state index in [0.717, 1.165) is 30.6 Å². The second kappa shape index (κ2) is 5.09. The Bertz CT molecular complexity index is 697. The molecule has 0 saturated heterocycles. The molecule has 0 spiro atoms. The van der Waals surface area contributed by atoms with E-state index >= 15 is 0 Å². The van der Waals surface area contributed by atoms with E-state index in [1.165, 1.54) is 44.2 Å². The molecular formula is C23H33NO. The molecule has 5 rings (SSSR count). The van der Waals surface area contributed by atoms with Gasteiger partial charge in [0.15, 0.2) is 0 Å². The zero-order valence-electron chi connectivity index (χ0n) is 16.1. The van der Waals surface area contributed by atoms with Gasteiger partial charge < -0.3 is 5.11 Å². The Balaban J connectivity index is 1.52. The molecule has 3 saturated carbocycles. The molecule has 1 aromatic rings. The predicted molar refractivity (Wildman–Crippen MR) is 100 cm³/mol. The highest BCUT2D eigenvalue weighted by Crippen LogP contribution is 2.69. The van der Waals surface area contributed by atoms with Crippen LogP contribution in [0.4, 0.5) is 0 Å². The molecule has 4 aliphatic rings. The summed E-state index contributed by atoms with van der Waals surface area (Å²) < 4.78 is 0. The molecule has 4 aliphatic carbocycles. The number of hydrogen-bond acceptors (Lipinski definition) is 2. The number of nitrogens with zero attached hydrogens (tertiary/aromatic N) is 1. The van der Waals surface area contributed by atoms with Crippen molar-refractivity contribution in [3.05, 3.63) is 29.6 Å². The average molecular weight is 340 g/mol. The molecule has 3 fully saturated rings. The van der Waals surface area contributed by atoms with Gasteiger partial charge in [0.1, 0.15) is 0 Å². The summed E-state index contributed by atoms with van der Waals surface area (Å²) in [4.78, 5) is 4.70. The van der Waals surface area contributed by atoms with E-state index < -0.39 is 5.60 Å². The Kier molecular flexibility index (Phi) is 3.32. The van der Waals surface area contributed by atoms with Crippen LogP contribution in [0.3, 0.4) is 0 Å². The smallest absolute Gasteiger partial charge is 0.0675 e. The monoisotopic (exact) mass is 339 g/mol. The van der Waals surface area contributed by atoms with Crippen molar-refractivity contribution in [3.63, 3.8) is 0 Å². The maximum atomic E-state index is 11.1. The molecule has 1 N–H and O–H groups in total. The molecule has 7 atom stereocenters. The first-order valence-corrected chi connectivity index (χ1v) is 10.5. The number of aliphatic hydroxyl groups is 1. The minimum absolute atomic E-state index is 0.144. The van der Waals surface area contributed by atoms with Gasteiger partial charge in [-0.15, -0.1) is 0 Å². The summed E-state index contributed by atoms with van der Waals surface area (Å²) in [5, 5.41) is 11.1. The van der Waals surface area contributed by atoms with E-state index in [9.17, 15) is 5.11 Å².